The third-order valence-corrected chi connectivity index (χ3v) is 5.78. The molecule has 2 aromatic carbocycles. The molecule has 0 spiro atoms. The molecule has 0 saturated carbocycles. The molecule has 1 aliphatic heterocycles. The van der Waals surface area contributed by atoms with Crippen LogP contribution in [0.5, 0.6) is 0 Å². The molecule has 19 heavy (non-hydrogen) atoms. The Morgan fingerprint density at radius 1 is 0.895 bits per heavy atom. The maximum Gasteiger partial charge on any atom is 0.488 e. The smallest absolute Gasteiger partial charge is 0.413 e. The van der Waals surface area contributed by atoms with E-state index in [-0.39, 0.29) is 5.85 Å². The van der Waals surface area contributed by atoms with Gasteiger partial charge in [0.1, 0.15) is 0 Å². The van der Waals surface area contributed by atoms with Gasteiger partial charge >= 0.3 is 7.69 Å². The number of benzene rings is 2. The summed E-state index contributed by atoms with van der Waals surface area (Å²) in [5.41, 5.74) is 0. The molecule has 1 saturated heterocycles. The highest BCUT2D eigenvalue weighted by Crippen LogP contribution is 2.42. The average molecular weight is 269 g/mol. The minimum Gasteiger partial charge on any atom is -0.413 e. The molecule has 1 aliphatic rings. The van der Waals surface area contributed by atoms with Crippen LogP contribution in [0.25, 0.3) is 0 Å². The molecule has 0 aliphatic carbocycles. The van der Waals surface area contributed by atoms with E-state index >= 15 is 0 Å². The lowest BCUT2D eigenvalue weighted by Gasteiger charge is -2.31. The second-order valence-corrected chi connectivity index (χ2v) is 6.74. The highest BCUT2D eigenvalue weighted by atomic mass is 31.1. The molecule has 1 radical (unpaired) electrons. The molecule has 3 rings (SSSR count). The van der Waals surface area contributed by atoms with E-state index < -0.39 is 7.92 Å². The largest absolute Gasteiger partial charge is 0.488 e. The molecule has 2 nitrogen and oxygen atoms in total. The zero-order chi connectivity index (χ0) is 12.9. The molecule has 4 heteroatoms. The second kappa shape index (κ2) is 6.34. The van der Waals surface area contributed by atoms with E-state index in [4.69, 9.17) is 9.31 Å². The average Bonchev–Trinajstić information content (AvgIpc) is 2.51. The van der Waals surface area contributed by atoms with Crippen LogP contribution in [-0.4, -0.2) is 20.1 Å². The lowest BCUT2D eigenvalue weighted by Crippen LogP contribution is -2.31. The predicted molar refractivity (Wildman–Crippen MR) is 80.3 cm³/mol. The van der Waals surface area contributed by atoms with Crippen molar-refractivity contribution >= 4 is 26.2 Å². The van der Waals surface area contributed by atoms with E-state index in [1.807, 2.05) is 0 Å². The lowest BCUT2D eigenvalue weighted by molar-refractivity contribution is 0.134. The van der Waals surface area contributed by atoms with E-state index in [1.54, 1.807) is 0 Å². The van der Waals surface area contributed by atoms with Gasteiger partial charge in [-0.3, -0.25) is 0 Å². The first kappa shape index (κ1) is 12.9. The SMILES string of the molecule is [B]1OCCC(P(c2ccccc2)c2ccccc2)O1. The zero-order valence-electron chi connectivity index (χ0n) is 10.6. The summed E-state index contributed by atoms with van der Waals surface area (Å²) >= 11 is 0. The van der Waals surface area contributed by atoms with E-state index in [9.17, 15) is 0 Å². The minimum atomic E-state index is -0.503. The van der Waals surface area contributed by atoms with Crippen molar-refractivity contribution in [2.45, 2.75) is 12.3 Å². The minimum absolute atomic E-state index is 0.202. The summed E-state index contributed by atoms with van der Waals surface area (Å²) in [6.45, 7) is 0.739. The van der Waals surface area contributed by atoms with Crippen molar-refractivity contribution in [3.8, 4) is 0 Å². The van der Waals surface area contributed by atoms with Gasteiger partial charge in [0, 0.05) is 6.61 Å². The summed E-state index contributed by atoms with van der Waals surface area (Å²) in [6.07, 6.45) is 0.937. The first-order valence-electron chi connectivity index (χ1n) is 6.43. The molecule has 1 heterocycles. The number of hydrogen-bond acceptors (Lipinski definition) is 2. The Balaban J connectivity index is 1.96. The Morgan fingerprint density at radius 2 is 1.47 bits per heavy atom. The Hall–Kier alpha value is -1.15. The van der Waals surface area contributed by atoms with Crippen LogP contribution in [0.2, 0.25) is 0 Å². The van der Waals surface area contributed by atoms with Crippen LogP contribution in [0.15, 0.2) is 60.7 Å². The highest BCUT2D eigenvalue weighted by molar-refractivity contribution is 7.73. The summed E-state index contributed by atoms with van der Waals surface area (Å²) in [4.78, 5) is 0. The van der Waals surface area contributed by atoms with Crippen LogP contribution in [0.3, 0.4) is 0 Å². The van der Waals surface area contributed by atoms with E-state index in [0.717, 1.165) is 13.0 Å². The fraction of sp³-hybridized carbons (Fsp3) is 0.200. The van der Waals surface area contributed by atoms with Crippen LogP contribution >= 0.6 is 7.92 Å². The van der Waals surface area contributed by atoms with Gasteiger partial charge in [-0.15, -0.1) is 0 Å². The molecule has 0 amide bonds. The normalized spacial score (nSPS) is 19.1. The van der Waals surface area contributed by atoms with Crippen LogP contribution in [0.4, 0.5) is 0 Å². The summed E-state index contributed by atoms with van der Waals surface area (Å²) in [7, 11) is 0.993. The van der Waals surface area contributed by atoms with Crippen molar-refractivity contribution in [2.75, 3.05) is 6.61 Å². The maximum atomic E-state index is 5.73. The van der Waals surface area contributed by atoms with E-state index in [1.165, 1.54) is 18.3 Å². The third kappa shape index (κ3) is 3.06. The number of hydrogen-bond donors (Lipinski definition) is 0. The summed E-state index contributed by atoms with van der Waals surface area (Å²) in [5, 5.41) is 2.70. The van der Waals surface area contributed by atoms with Gasteiger partial charge in [0.15, 0.2) is 0 Å². The van der Waals surface area contributed by atoms with Crippen LogP contribution in [0, 0.1) is 0 Å². The van der Waals surface area contributed by atoms with Crippen molar-refractivity contribution in [1.29, 1.82) is 0 Å². The molecular formula is C15H15BO2P. The Labute approximate surface area is 115 Å². The first-order chi connectivity index (χ1) is 9.45. The van der Waals surface area contributed by atoms with Crippen molar-refractivity contribution in [3.63, 3.8) is 0 Å². The standard InChI is InChI=1S/C15H15BO2P/c1-3-7-13(8-4-1)19(14-9-5-2-6-10-14)15-11-12-17-16-18-15/h1-10,15H,11-12H2. The van der Waals surface area contributed by atoms with Crippen LogP contribution in [-0.2, 0) is 9.31 Å². The molecule has 1 atom stereocenters. The van der Waals surface area contributed by atoms with Gasteiger partial charge in [-0.1, -0.05) is 60.7 Å². The monoisotopic (exact) mass is 269 g/mol. The van der Waals surface area contributed by atoms with Gasteiger partial charge in [0.2, 0.25) is 0 Å². The zero-order valence-corrected chi connectivity index (χ0v) is 11.5. The molecule has 1 unspecified atom stereocenters. The molecule has 2 aromatic rings. The summed E-state index contributed by atoms with van der Waals surface area (Å²) in [6, 6.07) is 21.3. The second-order valence-electron chi connectivity index (χ2n) is 4.39. The van der Waals surface area contributed by atoms with Crippen LogP contribution in [0.1, 0.15) is 6.42 Å². The fourth-order valence-electron chi connectivity index (χ4n) is 2.24. The quantitative estimate of drug-likeness (QED) is 0.629. The van der Waals surface area contributed by atoms with Crippen molar-refractivity contribution in [2.24, 2.45) is 0 Å². The van der Waals surface area contributed by atoms with E-state index in [2.05, 4.69) is 60.7 Å². The van der Waals surface area contributed by atoms with Gasteiger partial charge in [-0.2, -0.15) is 0 Å². The Kier molecular flexibility index (Phi) is 4.29. The van der Waals surface area contributed by atoms with Crippen molar-refractivity contribution < 1.29 is 9.31 Å². The summed E-state index contributed by atoms with van der Waals surface area (Å²) in [5.74, 6) is 0.202. The van der Waals surface area contributed by atoms with Crippen LogP contribution < -0.4 is 10.6 Å². The third-order valence-electron chi connectivity index (χ3n) is 3.12. The maximum absolute atomic E-state index is 5.73. The van der Waals surface area contributed by atoms with Crippen molar-refractivity contribution in [1.82, 2.24) is 0 Å². The van der Waals surface area contributed by atoms with Gasteiger partial charge < -0.3 is 9.31 Å². The lowest BCUT2D eigenvalue weighted by atomic mass is 10.3. The molecule has 1 fully saturated rings. The fourth-order valence-corrected chi connectivity index (χ4v) is 4.72. The van der Waals surface area contributed by atoms with Gasteiger partial charge in [-0.05, 0) is 25.0 Å². The molecule has 0 N–H and O–H groups in total. The van der Waals surface area contributed by atoms with Gasteiger partial charge in [0.05, 0.1) is 5.85 Å². The summed E-state index contributed by atoms with van der Waals surface area (Å²) < 4.78 is 10.9. The Morgan fingerprint density at radius 3 is 1.95 bits per heavy atom. The van der Waals surface area contributed by atoms with E-state index in [0.29, 0.717) is 0 Å². The number of rotatable bonds is 3. The highest BCUT2D eigenvalue weighted by Gasteiger charge is 2.27. The van der Waals surface area contributed by atoms with Crippen molar-refractivity contribution in [3.05, 3.63) is 60.7 Å². The topological polar surface area (TPSA) is 18.5 Å². The molecular weight excluding hydrogens is 254 g/mol. The molecule has 95 valence electrons. The molecule has 0 bridgehead atoms. The predicted octanol–water partition coefficient (Wildman–Crippen LogP) is 2.42. The first-order valence-corrected chi connectivity index (χ1v) is 7.84. The Bertz CT molecular complexity index is 461. The molecule has 0 aromatic heterocycles. The van der Waals surface area contributed by atoms with Gasteiger partial charge in [0.25, 0.3) is 0 Å². The van der Waals surface area contributed by atoms with Gasteiger partial charge in [-0.25, -0.2) is 0 Å².